The molecule has 1 N–H and O–H groups in total. The average molecular weight is 266 g/mol. The van der Waals surface area contributed by atoms with Gasteiger partial charge in [0.25, 0.3) is 0 Å². The third kappa shape index (κ3) is 1.67. The first kappa shape index (κ1) is 12.6. The van der Waals surface area contributed by atoms with Crippen molar-refractivity contribution in [2.24, 2.45) is 0 Å². The number of benzene rings is 2. The Hall–Kier alpha value is -2.42. The largest absolute Gasteiger partial charge is 0.480 e. The minimum atomic E-state index is -1.43. The van der Waals surface area contributed by atoms with Gasteiger partial charge in [0.1, 0.15) is 0 Å². The zero-order valence-electron chi connectivity index (χ0n) is 10.9. The first-order valence-electron chi connectivity index (χ1n) is 6.58. The summed E-state index contributed by atoms with van der Waals surface area (Å²) in [5, 5.41) is 9.72. The van der Waals surface area contributed by atoms with Gasteiger partial charge in [-0.1, -0.05) is 54.6 Å². The van der Waals surface area contributed by atoms with E-state index in [-0.39, 0.29) is 5.78 Å². The van der Waals surface area contributed by atoms with Crippen molar-refractivity contribution in [3.8, 4) is 0 Å². The third-order valence-corrected chi connectivity index (χ3v) is 4.04. The normalized spacial score (nSPS) is 20.4. The monoisotopic (exact) mass is 266 g/mol. The van der Waals surface area contributed by atoms with Gasteiger partial charge >= 0.3 is 5.97 Å². The molecular formula is C17H14O3. The summed E-state index contributed by atoms with van der Waals surface area (Å²) in [5.74, 6) is -1.38. The van der Waals surface area contributed by atoms with Crippen LogP contribution in [-0.2, 0) is 16.6 Å². The molecule has 1 aliphatic rings. The highest BCUT2D eigenvalue weighted by molar-refractivity contribution is 6.17. The van der Waals surface area contributed by atoms with Crippen LogP contribution in [0.4, 0.5) is 0 Å². The van der Waals surface area contributed by atoms with Crippen LogP contribution >= 0.6 is 0 Å². The molecule has 0 spiro atoms. The van der Waals surface area contributed by atoms with E-state index in [0.29, 0.717) is 24.0 Å². The predicted octanol–water partition coefficient (Wildman–Crippen LogP) is 2.84. The van der Waals surface area contributed by atoms with Gasteiger partial charge in [0, 0.05) is 5.56 Å². The smallest absolute Gasteiger partial charge is 0.322 e. The van der Waals surface area contributed by atoms with Crippen LogP contribution in [0.2, 0.25) is 0 Å². The number of aliphatic carboxylic acids is 1. The molecule has 20 heavy (non-hydrogen) atoms. The maximum atomic E-state index is 12.8. The molecule has 0 radical (unpaired) electrons. The molecule has 1 atom stereocenters. The van der Waals surface area contributed by atoms with Crippen LogP contribution in [0.15, 0.2) is 54.6 Å². The molecule has 3 heteroatoms. The van der Waals surface area contributed by atoms with Gasteiger partial charge in [0.15, 0.2) is 11.2 Å². The second kappa shape index (κ2) is 4.60. The zero-order valence-corrected chi connectivity index (χ0v) is 10.9. The lowest BCUT2D eigenvalue weighted by atomic mass is 9.75. The van der Waals surface area contributed by atoms with Gasteiger partial charge in [-0.2, -0.15) is 0 Å². The standard InChI is InChI=1S/C17H14O3/c18-15(13-7-2-1-3-8-13)17(16(19)20)11-10-12-6-4-5-9-14(12)17/h1-9H,10-11H2,(H,19,20). The molecule has 1 unspecified atom stereocenters. The summed E-state index contributed by atoms with van der Waals surface area (Å²) >= 11 is 0. The van der Waals surface area contributed by atoms with Crippen molar-refractivity contribution >= 4 is 11.8 Å². The molecule has 0 fully saturated rings. The molecule has 0 amide bonds. The van der Waals surface area contributed by atoms with Crippen molar-refractivity contribution in [1.29, 1.82) is 0 Å². The van der Waals surface area contributed by atoms with Crippen molar-refractivity contribution in [3.63, 3.8) is 0 Å². The highest BCUT2D eigenvalue weighted by atomic mass is 16.4. The van der Waals surface area contributed by atoms with E-state index in [1.54, 1.807) is 36.4 Å². The quantitative estimate of drug-likeness (QED) is 0.686. The van der Waals surface area contributed by atoms with E-state index in [9.17, 15) is 14.7 Å². The number of hydrogen-bond donors (Lipinski definition) is 1. The maximum absolute atomic E-state index is 12.8. The molecule has 3 nitrogen and oxygen atoms in total. The SMILES string of the molecule is O=C(O)C1(C(=O)c2ccccc2)CCc2ccccc21. The summed E-state index contributed by atoms with van der Waals surface area (Å²) in [7, 11) is 0. The van der Waals surface area contributed by atoms with Crippen LogP contribution in [0.3, 0.4) is 0 Å². The minimum Gasteiger partial charge on any atom is -0.480 e. The minimum absolute atomic E-state index is 0.324. The molecule has 100 valence electrons. The molecule has 0 aliphatic heterocycles. The van der Waals surface area contributed by atoms with E-state index in [4.69, 9.17) is 0 Å². The Morgan fingerprint density at radius 3 is 2.30 bits per heavy atom. The second-order valence-electron chi connectivity index (χ2n) is 5.06. The lowest BCUT2D eigenvalue weighted by Gasteiger charge is -2.24. The first-order valence-corrected chi connectivity index (χ1v) is 6.58. The molecule has 2 aromatic carbocycles. The van der Waals surface area contributed by atoms with Gasteiger partial charge in [-0.05, 0) is 24.0 Å². The summed E-state index contributed by atoms with van der Waals surface area (Å²) < 4.78 is 0. The van der Waals surface area contributed by atoms with E-state index >= 15 is 0 Å². The highest BCUT2D eigenvalue weighted by Crippen LogP contribution is 2.41. The van der Waals surface area contributed by atoms with E-state index in [1.807, 2.05) is 18.2 Å². The Balaban J connectivity index is 2.17. The lowest BCUT2D eigenvalue weighted by Crippen LogP contribution is -2.42. The molecular weight excluding hydrogens is 252 g/mol. The molecule has 0 heterocycles. The van der Waals surface area contributed by atoms with Gasteiger partial charge in [0.2, 0.25) is 0 Å². The van der Waals surface area contributed by atoms with Gasteiger partial charge in [-0.3, -0.25) is 9.59 Å². The van der Waals surface area contributed by atoms with Crippen molar-refractivity contribution in [2.45, 2.75) is 18.3 Å². The van der Waals surface area contributed by atoms with Crippen LogP contribution in [-0.4, -0.2) is 16.9 Å². The number of rotatable bonds is 3. The fourth-order valence-corrected chi connectivity index (χ4v) is 3.00. The zero-order chi connectivity index (χ0) is 14.2. The number of aryl methyl sites for hydroxylation is 1. The molecule has 0 saturated heterocycles. The molecule has 0 aromatic heterocycles. The number of hydrogen-bond acceptors (Lipinski definition) is 2. The Morgan fingerprint density at radius 2 is 1.60 bits per heavy atom. The van der Waals surface area contributed by atoms with Crippen LogP contribution in [0.5, 0.6) is 0 Å². The van der Waals surface area contributed by atoms with Crippen molar-refractivity contribution in [3.05, 3.63) is 71.3 Å². The van der Waals surface area contributed by atoms with Crippen LogP contribution in [0, 0.1) is 0 Å². The molecule has 3 rings (SSSR count). The van der Waals surface area contributed by atoms with E-state index in [2.05, 4.69) is 0 Å². The summed E-state index contributed by atoms with van der Waals surface area (Å²) in [5.41, 5.74) is 0.616. The van der Waals surface area contributed by atoms with E-state index in [0.717, 1.165) is 5.56 Å². The van der Waals surface area contributed by atoms with Crippen LogP contribution in [0.25, 0.3) is 0 Å². The fourth-order valence-electron chi connectivity index (χ4n) is 3.00. The van der Waals surface area contributed by atoms with Gasteiger partial charge in [-0.25, -0.2) is 0 Å². The Morgan fingerprint density at radius 1 is 0.950 bits per heavy atom. The van der Waals surface area contributed by atoms with Gasteiger partial charge in [0.05, 0.1) is 0 Å². The molecule has 0 saturated carbocycles. The summed E-state index contributed by atoms with van der Waals surface area (Å²) in [4.78, 5) is 24.7. The number of carboxylic acid groups (broad SMARTS) is 1. The summed E-state index contributed by atoms with van der Waals surface area (Å²) in [6.07, 6.45) is 0.955. The van der Waals surface area contributed by atoms with Crippen LogP contribution in [0.1, 0.15) is 27.9 Å². The van der Waals surface area contributed by atoms with E-state index in [1.165, 1.54) is 0 Å². The number of fused-ring (bicyclic) bond motifs is 1. The fraction of sp³-hybridized carbons (Fsp3) is 0.176. The number of carbonyl (C=O) groups is 2. The number of ketones is 1. The average Bonchev–Trinajstić information content (AvgIpc) is 2.88. The summed E-state index contributed by atoms with van der Waals surface area (Å²) in [6.45, 7) is 0. The summed E-state index contributed by atoms with van der Waals surface area (Å²) in [6, 6.07) is 16.0. The second-order valence-corrected chi connectivity index (χ2v) is 5.06. The Bertz CT molecular complexity index is 676. The molecule has 1 aliphatic carbocycles. The van der Waals surface area contributed by atoms with Crippen molar-refractivity contribution < 1.29 is 14.7 Å². The van der Waals surface area contributed by atoms with Crippen molar-refractivity contribution in [1.82, 2.24) is 0 Å². The number of carboxylic acids is 1. The predicted molar refractivity (Wildman–Crippen MR) is 74.8 cm³/mol. The Kier molecular flexibility index (Phi) is 2.90. The molecule has 0 bridgehead atoms. The Labute approximate surface area is 116 Å². The van der Waals surface area contributed by atoms with Crippen LogP contribution < -0.4 is 0 Å². The third-order valence-electron chi connectivity index (χ3n) is 4.04. The van der Waals surface area contributed by atoms with Gasteiger partial charge < -0.3 is 5.11 Å². The maximum Gasteiger partial charge on any atom is 0.322 e. The highest BCUT2D eigenvalue weighted by Gasteiger charge is 2.51. The van der Waals surface area contributed by atoms with Crippen molar-refractivity contribution in [2.75, 3.05) is 0 Å². The van der Waals surface area contributed by atoms with E-state index < -0.39 is 11.4 Å². The molecule has 2 aromatic rings. The first-order chi connectivity index (χ1) is 9.66. The number of carbonyl (C=O) groups excluding carboxylic acids is 1. The van der Waals surface area contributed by atoms with Gasteiger partial charge in [-0.15, -0.1) is 0 Å². The lowest BCUT2D eigenvalue weighted by molar-refractivity contribution is -0.141. The topological polar surface area (TPSA) is 54.4 Å². The number of Topliss-reactive ketones (excluding diaryl/α,β-unsaturated/α-hetero) is 1.